The molecule has 27 heavy (non-hydrogen) atoms. The van der Waals surface area contributed by atoms with Gasteiger partial charge in [0.15, 0.2) is 9.84 Å². The first kappa shape index (κ1) is 19.6. The molecule has 144 valence electrons. The number of hydrogen-bond acceptors (Lipinski definition) is 4. The van der Waals surface area contributed by atoms with Crippen LogP contribution in [0.4, 0.5) is 0 Å². The van der Waals surface area contributed by atoms with E-state index in [-0.39, 0.29) is 17.7 Å². The van der Waals surface area contributed by atoms with Crippen LogP contribution in [0.25, 0.3) is 0 Å². The van der Waals surface area contributed by atoms with Crippen LogP contribution < -0.4 is 5.73 Å². The maximum absolute atomic E-state index is 12.8. The summed E-state index contributed by atoms with van der Waals surface area (Å²) in [5.74, 6) is 0.290. The highest BCUT2D eigenvalue weighted by molar-refractivity contribution is 7.90. The van der Waals surface area contributed by atoms with E-state index in [0.717, 1.165) is 12.8 Å². The zero-order valence-corrected chi connectivity index (χ0v) is 16.4. The minimum atomic E-state index is -3.44. The molecule has 1 saturated heterocycles. The topological polar surface area (TPSA) is 80.5 Å². The lowest BCUT2D eigenvalue weighted by atomic mass is 9.90. The van der Waals surface area contributed by atoms with Crippen molar-refractivity contribution in [3.8, 4) is 0 Å². The molecule has 0 bridgehead atoms. The van der Waals surface area contributed by atoms with Crippen LogP contribution >= 0.6 is 0 Å². The second-order valence-corrected chi connectivity index (χ2v) is 9.25. The Kier molecular flexibility index (Phi) is 5.97. The molecule has 0 saturated carbocycles. The monoisotopic (exact) mass is 386 g/mol. The number of likely N-dealkylation sites (tertiary alicyclic amines) is 1. The Balaban J connectivity index is 1.71. The number of hydrogen-bond donors (Lipinski definition) is 1. The standard InChI is InChI=1S/C21H26N2O3S/c1-16(22)18-10-12-23(13-11-18)21(24)19-7-5-6-17(14-19)15-27(25,26)20-8-3-2-4-9-20/h2-9,14,16,18H,10-13,15,22H2,1H3. The largest absolute Gasteiger partial charge is 0.339 e. The van der Waals surface area contributed by atoms with Gasteiger partial charge in [0.05, 0.1) is 10.6 Å². The Morgan fingerprint density at radius 1 is 1.11 bits per heavy atom. The average Bonchev–Trinajstić information content (AvgIpc) is 2.68. The molecular formula is C21H26N2O3S. The lowest BCUT2D eigenvalue weighted by molar-refractivity contribution is 0.0681. The number of piperidine rings is 1. The van der Waals surface area contributed by atoms with Gasteiger partial charge in [-0.2, -0.15) is 0 Å². The zero-order valence-electron chi connectivity index (χ0n) is 15.5. The molecule has 1 heterocycles. The van der Waals surface area contributed by atoms with Crippen molar-refractivity contribution in [2.45, 2.75) is 36.5 Å². The molecule has 1 aliphatic heterocycles. The molecule has 1 fully saturated rings. The molecule has 2 N–H and O–H groups in total. The Hall–Kier alpha value is -2.18. The number of carbonyl (C=O) groups is 1. The number of carbonyl (C=O) groups excluding carboxylic acids is 1. The normalized spacial score (nSPS) is 16.9. The first-order valence-electron chi connectivity index (χ1n) is 9.28. The predicted molar refractivity (Wildman–Crippen MR) is 106 cm³/mol. The number of rotatable bonds is 5. The molecule has 0 radical (unpaired) electrons. The number of benzene rings is 2. The van der Waals surface area contributed by atoms with Gasteiger partial charge >= 0.3 is 0 Å². The van der Waals surface area contributed by atoms with Crippen molar-refractivity contribution >= 4 is 15.7 Å². The Bertz CT molecular complexity index is 887. The summed E-state index contributed by atoms with van der Waals surface area (Å²) >= 11 is 0. The predicted octanol–water partition coefficient (Wildman–Crippen LogP) is 2.86. The zero-order chi connectivity index (χ0) is 19.4. The van der Waals surface area contributed by atoms with Crippen LogP contribution in [0, 0.1) is 5.92 Å². The third-order valence-electron chi connectivity index (χ3n) is 5.20. The van der Waals surface area contributed by atoms with Crippen LogP contribution in [0.1, 0.15) is 35.7 Å². The fourth-order valence-electron chi connectivity index (χ4n) is 3.54. The van der Waals surface area contributed by atoms with E-state index in [2.05, 4.69) is 0 Å². The van der Waals surface area contributed by atoms with Gasteiger partial charge in [-0.25, -0.2) is 8.42 Å². The van der Waals surface area contributed by atoms with Crippen molar-refractivity contribution in [1.82, 2.24) is 4.90 Å². The maximum Gasteiger partial charge on any atom is 0.253 e. The molecule has 1 atom stereocenters. The second-order valence-electron chi connectivity index (χ2n) is 7.26. The van der Waals surface area contributed by atoms with Crippen molar-refractivity contribution in [2.75, 3.05) is 13.1 Å². The van der Waals surface area contributed by atoms with Crippen LogP contribution in [0.2, 0.25) is 0 Å². The summed E-state index contributed by atoms with van der Waals surface area (Å²) in [7, 11) is -3.44. The van der Waals surface area contributed by atoms with Crippen LogP contribution in [-0.2, 0) is 15.6 Å². The van der Waals surface area contributed by atoms with Crippen molar-refractivity contribution < 1.29 is 13.2 Å². The smallest absolute Gasteiger partial charge is 0.253 e. The molecule has 3 rings (SSSR count). The minimum Gasteiger partial charge on any atom is -0.339 e. The lowest BCUT2D eigenvalue weighted by Gasteiger charge is -2.33. The van der Waals surface area contributed by atoms with Gasteiger partial charge in [-0.3, -0.25) is 4.79 Å². The average molecular weight is 387 g/mol. The van der Waals surface area contributed by atoms with E-state index in [1.165, 1.54) is 0 Å². The lowest BCUT2D eigenvalue weighted by Crippen LogP contribution is -2.42. The number of nitrogens with two attached hydrogens (primary N) is 1. The molecule has 5 nitrogen and oxygen atoms in total. The van der Waals surface area contributed by atoms with E-state index in [0.29, 0.717) is 35.0 Å². The van der Waals surface area contributed by atoms with E-state index in [1.807, 2.05) is 11.8 Å². The molecule has 0 spiro atoms. The summed E-state index contributed by atoms with van der Waals surface area (Å²) in [6.45, 7) is 3.40. The Morgan fingerprint density at radius 3 is 2.41 bits per heavy atom. The summed E-state index contributed by atoms with van der Waals surface area (Å²) in [6, 6.07) is 15.5. The van der Waals surface area contributed by atoms with E-state index < -0.39 is 9.84 Å². The van der Waals surface area contributed by atoms with Crippen LogP contribution in [0.5, 0.6) is 0 Å². The molecule has 0 aromatic heterocycles. The molecule has 1 amide bonds. The summed E-state index contributed by atoms with van der Waals surface area (Å²) in [4.78, 5) is 14.9. The van der Waals surface area contributed by atoms with E-state index in [1.54, 1.807) is 54.6 Å². The van der Waals surface area contributed by atoms with Gasteiger partial charge in [0.1, 0.15) is 0 Å². The third-order valence-corrected chi connectivity index (χ3v) is 6.91. The number of sulfone groups is 1. The highest BCUT2D eigenvalue weighted by Gasteiger charge is 2.25. The van der Waals surface area contributed by atoms with Gasteiger partial charge in [-0.05, 0) is 55.5 Å². The fraction of sp³-hybridized carbons (Fsp3) is 0.381. The fourth-order valence-corrected chi connectivity index (χ4v) is 4.89. The molecule has 1 unspecified atom stereocenters. The summed E-state index contributed by atoms with van der Waals surface area (Å²) in [6.07, 6.45) is 1.82. The summed E-state index contributed by atoms with van der Waals surface area (Å²) < 4.78 is 25.2. The molecule has 2 aromatic rings. The summed E-state index contributed by atoms with van der Waals surface area (Å²) in [5, 5.41) is 0. The highest BCUT2D eigenvalue weighted by atomic mass is 32.2. The highest BCUT2D eigenvalue weighted by Crippen LogP contribution is 2.22. The van der Waals surface area contributed by atoms with Gasteiger partial charge < -0.3 is 10.6 Å². The van der Waals surface area contributed by atoms with E-state index in [4.69, 9.17) is 5.73 Å². The third kappa shape index (κ3) is 4.76. The van der Waals surface area contributed by atoms with Crippen molar-refractivity contribution in [1.29, 1.82) is 0 Å². The Labute approximate surface area is 161 Å². The second kappa shape index (κ2) is 8.23. The molecule has 1 aliphatic rings. The first-order chi connectivity index (χ1) is 12.9. The van der Waals surface area contributed by atoms with Gasteiger partial charge in [0.25, 0.3) is 5.91 Å². The van der Waals surface area contributed by atoms with Gasteiger partial charge in [0.2, 0.25) is 0 Å². The van der Waals surface area contributed by atoms with E-state index in [9.17, 15) is 13.2 Å². The van der Waals surface area contributed by atoms with E-state index >= 15 is 0 Å². The Morgan fingerprint density at radius 2 is 1.78 bits per heavy atom. The molecule has 2 aromatic carbocycles. The summed E-state index contributed by atoms with van der Waals surface area (Å²) in [5.41, 5.74) is 7.12. The molecule has 0 aliphatic carbocycles. The maximum atomic E-state index is 12.8. The quantitative estimate of drug-likeness (QED) is 0.857. The van der Waals surface area contributed by atoms with Crippen LogP contribution in [0.15, 0.2) is 59.5 Å². The minimum absolute atomic E-state index is 0.0444. The number of amides is 1. The molecule has 6 heteroatoms. The first-order valence-corrected chi connectivity index (χ1v) is 10.9. The van der Waals surface area contributed by atoms with Crippen molar-refractivity contribution in [2.24, 2.45) is 11.7 Å². The van der Waals surface area contributed by atoms with Crippen LogP contribution in [0.3, 0.4) is 0 Å². The van der Waals surface area contributed by atoms with Crippen LogP contribution in [-0.4, -0.2) is 38.4 Å². The van der Waals surface area contributed by atoms with Gasteiger partial charge in [-0.15, -0.1) is 0 Å². The van der Waals surface area contributed by atoms with Gasteiger partial charge in [-0.1, -0.05) is 30.3 Å². The van der Waals surface area contributed by atoms with Gasteiger partial charge in [0, 0.05) is 24.7 Å². The molecular weight excluding hydrogens is 360 g/mol. The van der Waals surface area contributed by atoms with Crippen molar-refractivity contribution in [3.05, 3.63) is 65.7 Å². The van der Waals surface area contributed by atoms with Crippen molar-refractivity contribution in [3.63, 3.8) is 0 Å². The number of nitrogens with zero attached hydrogens (tertiary/aromatic N) is 1. The SMILES string of the molecule is CC(N)C1CCN(C(=O)c2cccc(CS(=O)(=O)c3ccccc3)c2)CC1.